The van der Waals surface area contributed by atoms with Crippen LogP contribution < -0.4 is 14.8 Å². The number of anilines is 1. The fraction of sp³-hybridized carbons (Fsp3) is 0.125. The lowest BCUT2D eigenvalue weighted by Gasteiger charge is -2.11. The first-order valence-electron chi connectivity index (χ1n) is 6.54. The number of methoxy groups -OCH3 is 1. The van der Waals surface area contributed by atoms with Crippen LogP contribution in [0, 0.1) is 11.6 Å². The number of aldehydes is 1. The fourth-order valence-electron chi connectivity index (χ4n) is 1.80. The van der Waals surface area contributed by atoms with Crippen LogP contribution in [0.4, 0.5) is 14.5 Å². The van der Waals surface area contributed by atoms with Crippen LogP contribution in [-0.4, -0.2) is 25.9 Å². The normalized spacial score (nSPS) is 10.0. The number of rotatable bonds is 6. The lowest BCUT2D eigenvalue weighted by Crippen LogP contribution is -2.21. The summed E-state index contributed by atoms with van der Waals surface area (Å²) in [5.41, 5.74) is 0.113. The van der Waals surface area contributed by atoms with Gasteiger partial charge in [-0.2, -0.15) is 0 Å². The third-order valence-electron chi connectivity index (χ3n) is 2.89. The molecular weight excluding hydrogens is 308 g/mol. The number of hydrogen-bond donors (Lipinski definition) is 1. The minimum absolute atomic E-state index is 0.243. The number of carbonyl (C=O) groups excluding carboxylic acids is 2. The number of benzene rings is 2. The van der Waals surface area contributed by atoms with Gasteiger partial charge in [-0.15, -0.1) is 0 Å². The van der Waals surface area contributed by atoms with Crippen molar-refractivity contribution in [3.63, 3.8) is 0 Å². The quantitative estimate of drug-likeness (QED) is 0.831. The average molecular weight is 321 g/mol. The van der Waals surface area contributed by atoms with Crippen LogP contribution in [-0.2, 0) is 4.79 Å². The lowest BCUT2D eigenvalue weighted by molar-refractivity contribution is -0.118. The summed E-state index contributed by atoms with van der Waals surface area (Å²) in [5, 5.41) is 2.21. The van der Waals surface area contributed by atoms with Gasteiger partial charge in [-0.25, -0.2) is 8.78 Å². The highest BCUT2D eigenvalue weighted by Crippen LogP contribution is 2.27. The molecule has 0 atom stereocenters. The van der Waals surface area contributed by atoms with Gasteiger partial charge in [0.05, 0.1) is 12.8 Å². The van der Waals surface area contributed by atoms with Gasteiger partial charge in [0, 0.05) is 11.6 Å². The molecule has 0 saturated carbocycles. The Kier molecular flexibility index (Phi) is 5.24. The molecule has 2 aromatic carbocycles. The van der Waals surface area contributed by atoms with Gasteiger partial charge in [0.2, 0.25) is 0 Å². The van der Waals surface area contributed by atoms with Crippen molar-refractivity contribution in [2.24, 2.45) is 0 Å². The maximum atomic E-state index is 13.4. The lowest BCUT2D eigenvalue weighted by atomic mass is 10.2. The van der Waals surface area contributed by atoms with Crippen molar-refractivity contribution < 1.29 is 27.8 Å². The Balaban J connectivity index is 2.02. The van der Waals surface area contributed by atoms with Gasteiger partial charge in [-0.3, -0.25) is 9.59 Å². The first kappa shape index (κ1) is 16.4. The van der Waals surface area contributed by atoms with Crippen LogP contribution >= 0.6 is 0 Å². The summed E-state index contributed by atoms with van der Waals surface area (Å²) in [5.74, 6) is -1.58. The number of ether oxygens (including phenoxy) is 2. The molecule has 2 rings (SSSR count). The average Bonchev–Trinajstić information content (AvgIpc) is 2.56. The van der Waals surface area contributed by atoms with E-state index in [0.717, 1.165) is 18.2 Å². The molecule has 1 N–H and O–H groups in total. The molecule has 1 amide bonds. The Morgan fingerprint density at radius 3 is 2.65 bits per heavy atom. The van der Waals surface area contributed by atoms with E-state index in [0.29, 0.717) is 11.8 Å². The zero-order valence-electron chi connectivity index (χ0n) is 12.1. The van der Waals surface area contributed by atoms with Crippen molar-refractivity contribution in [3.8, 4) is 11.5 Å². The molecule has 23 heavy (non-hydrogen) atoms. The molecule has 0 bridgehead atoms. The maximum Gasteiger partial charge on any atom is 0.262 e. The number of carbonyl (C=O) groups is 2. The van der Waals surface area contributed by atoms with Crippen molar-refractivity contribution in [1.82, 2.24) is 0 Å². The molecule has 0 heterocycles. The van der Waals surface area contributed by atoms with Crippen LogP contribution in [0.25, 0.3) is 0 Å². The van der Waals surface area contributed by atoms with E-state index < -0.39 is 24.1 Å². The van der Waals surface area contributed by atoms with E-state index in [-0.39, 0.29) is 17.2 Å². The number of nitrogens with one attached hydrogen (secondary N) is 1. The highest BCUT2D eigenvalue weighted by atomic mass is 19.1. The van der Waals surface area contributed by atoms with Crippen LogP contribution in [0.5, 0.6) is 11.5 Å². The van der Waals surface area contributed by atoms with Crippen LogP contribution in [0.15, 0.2) is 36.4 Å². The summed E-state index contributed by atoms with van der Waals surface area (Å²) >= 11 is 0. The van der Waals surface area contributed by atoms with Crippen molar-refractivity contribution in [2.45, 2.75) is 0 Å². The SMILES string of the molecule is COc1cc(C=O)ccc1OCC(=O)Nc1cc(F)ccc1F. The third kappa shape index (κ3) is 4.26. The standard InChI is InChI=1S/C16H13F2NO4/c1-22-15-6-10(8-20)2-5-14(15)23-9-16(21)19-13-7-11(17)3-4-12(13)18/h2-8H,9H2,1H3,(H,19,21). The Labute approximate surface area is 130 Å². The van der Waals surface area contributed by atoms with Crippen molar-refractivity contribution in [3.05, 3.63) is 53.6 Å². The predicted octanol–water partition coefficient (Wildman–Crippen LogP) is 2.80. The highest BCUT2D eigenvalue weighted by Gasteiger charge is 2.11. The fourth-order valence-corrected chi connectivity index (χ4v) is 1.80. The molecule has 0 aromatic heterocycles. The van der Waals surface area contributed by atoms with Gasteiger partial charge in [-0.1, -0.05) is 0 Å². The summed E-state index contributed by atoms with van der Waals surface area (Å²) in [4.78, 5) is 22.4. The summed E-state index contributed by atoms with van der Waals surface area (Å²) in [7, 11) is 1.39. The second-order valence-electron chi connectivity index (χ2n) is 4.49. The monoisotopic (exact) mass is 321 g/mol. The predicted molar refractivity (Wildman–Crippen MR) is 78.9 cm³/mol. The Hall–Kier alpha value is -2.96. The Morgan fingerprint density at radius 2 is 1.96 bits per heavy atom. The molecule has 0 aliphatic heterocycles. The first-order valence-corrected chi connectivity index (χ1v) is 6.54. The van der Waals surface area contributed by atoms with E-state index in [1.807, 2.05) is 0 Å². The molecule has 2 aromatic rings. The number of amides is 1. The van der Waals surface area contributed by atoms with E-state index in [2.05, 4.69) is 5.32 Å². The Morgan fingerprint density at radius 1 is 1.17 bits per heavy atom. The number of halogens is 2. The van der Waals surface area contributed by atoms with Gasteiger partial charge in [0.25, 0.3) is 5.91 Å². The second-order valence-corrected chi connectivity index (χ2v) is 4.49. The summed E-state index contributed by atoms with van der Waals surface area (Å²) < 4.78 is 36.8. The zero-order chi connectivity index (χ0) is 16.8. The molecule has 0 aliphatic rings. The molecule has 0 saturated heterocycles. The van der Waals surface area contributed by atoms with Crippen molar-refractivity contribution in [2.75, 3.05) is 19.0 Å². The smallest absolute Gasteiger partial charge is 0.262 e. The largest absolute Gasteiger partial charge is 0.493 e. The van der Waals surface area contributed by atoms with Crippen LogP contribution in [0.3, 0.4) is 0 Å². The van der Waals surface area contributed by atoms with Crippen LogP contribution in [0.1, 0.15) is 10.4 Å². The molecule has 7 heteroatoms. The molecule has 0 spiro atoms. The van der Waals surface area contributed by atoms with Crippen molar-refractivity contribution in [1.29, 1.82) is 0 Å². The van der Waals surface area contributed by atoms with E-state index in [1.165, 1.54) is 25.3 Å². The summed E-state index contributed by atoms with van der Waals surface area (Å²) in [6.07, 6.45) is 0.645. The third-order valence-corrected chi connectivity index (χ3v) is 2.89. The molecule has 0 unspecified atom stereocenters. The van der Waals surface area contributed by atoms with E-state index >= 15 is 0 Å². The van der Waals surface area contributed by atoms with E-state index in [4.69, 9.17) is 9.47 Å². The highest BCUT2D eigenvalue weighted by molar-refractivity contribution is 5.92. The summed E-state index contributed by atoms with van der Waals surface area (Å²) in [6, 6.07) is 7.14. The maximum absolute atomic E-state index is 13.4. The zero-order valence-corrected chi connectivity index (χ0v) is 12.1. The molecule has 5 nitrogen and oxygen atoms in total. The minimum Gasteiger partial charge on any atom is -0.493 e. The molecule has 0 fully saturated rings. The van der Waals surface area contributed by atoms with Gasteiger partial charge < -0.3 is 14.8 Å². The minimum atomic E-state index is -0.757. The topological polar surface area (TPSA) is 64.6 Å². The van der Waals surface area contributed by atoms with Gasteiger partial charge in [-0.05, 0) is 30.3 Å². The summed E-state index contributed by atoms with van der Waals surface area (Å²) in [6.45, 7) is -0.438. The first-order chi connectivity index (χ1) is 11.0. The second kappa shape index (κ2) is 7.35. The van der Waals surface area contributed by atoms with Gasteiger partial charge in [0.15, 0.2) is 18.1 Å². The van der Waals surface area contributed by atoms with Gasteiger partial charge in [0.1, 0.15) is 17.9 Å². The van der Waals surface area contributed by atoms with E-state index in [1.54, 1.807) is 0 Å². The molecule has 120 valence electrons. The molecule has 0 aliphatic carbocycles. The Bertz CT molecular complexity index is 734. The van der Waals surface area contributed by atoms with Crippen LogP contribution in [0.2, 0.25) is 0 Å². The van der Waals surface area contributed by atoms with Gasteiger partial charge >= 0.3 is 0 Å². The van der Waals surface area contributed by atoms with Crippen molar-refractivity contribution >= 4 is 17.9 Å². The number of hydrogen-bond acceptors (Lipinski definition) is 4. The van der Waals surface area contributed by atoms with E-state index in [9.17, 15) is 18.4 Å². The molecule has 0 radical (unpaired) electrons. The molecular formula is C16H13F2NO4.